The first-order chi connectivity index (χ1) is 6.68. The zero-order valence-electron chi connectivity index (χ0n) is 7.60. The maximum Gasteiger partial charge on any atom is 0.329 e. The van der Waals surface area contributed by atoms with Crippen molar-refractivity contribution in [2.75, 3.05) is 5.73 Å². The lowest BCUT2D eigenvalue weighted by atomic mass is 10.3. The van der Waals surface area contributed by atoms with Crippen molar-refractivity contribution in [1.82, 2.24) is 9.71 Å². The van der Waals surface area contributed by atoms with E-state index in [2.05, 4.69) is 4.98 Å². The number of nitrogen functional groups attached to an aromatic ring is 1. The number of carbonyl (C=O) groups excluding carboxylic acids is 1. The van der Waals surface area contributed by atoms with Crippen molar-refractivity contribution in [3.8, 4) is 0 Å². The quantitative estimate of drug-likeness (QED) is 0.716. The lowest BCUT2D eigenvalue weighted by Crippen LogP contribution is -2.15. The van der Waals surface area contributed by atoms with Gasteiger partial charge in [0.1, 0.15) is 0 Å². The van der Waals surface area contributed by atoms with Gasteiger partial charge in [-0.25, -0.2) is 9.78 Å². The summed E-state index contributed by atoms with van der Waals surface area (Å²) < 4.78 is 1.30. The molecule has 0 spiro atoms. The number of rotatable bonds is 1. The van der Waals surface area contributed by atoms with Crippen LogP contribution in [0.3, 0.4) is 0 Å². The number of carbonyl (C=O) groups is 1. The molecule has 72 valence electrons. The van der Waals surface area contributed by atoms with Gasteiger partial charge in [0.05, 0.1) is 0 Å². The van der Waals surface area contributed by atoms with E-state index in [9.17, 15) is 4.79 Å². The molecule has 0 amide bonds. The fraction of sp³-hybridized carbons (Fsp3) is 0.111. The van der Waals surface area contributed by atoms with E-state index in [0.29, 0.717) is 11.3 Å². The Morgan fingerprint density at radius 1 is 1.57 bits per heavy atom. The molecular weight excluding hydrogens is 182 g/mol. The van der Waals surface area contributed by atoms with Crippen molar-refractivity contribution in [1.29, 1.82) is 0 Å². The molecule has 2 aromatic heterocycles. The molecule has 0 aromatic carbocycles. The SMILES string of the molecule is CC(=O)On1ccc2c(N)ccnc21. The molecule has 2 N–H and O–H groups in total. The zero-order chi connectivity index (χ0) is 10.1. The Labute approximate surface area is 80.1 Å². The minimum absolute atomic E-state index is 0.397. The second-order valence-corrected chi connectivity index (χ2v) is 2.86. The van der Waals surface area contributed by atoms with Crippen molar-refractivity contribution in [2.45, 2.75) is 6.92 Å². The van der Waals surface area contributed by atoms with Gasteiger partial charge in [0, 0.05) is 30.4 Å². The fourth-order valence-electron chi connectivity index (χ4n) is 1.25. The first kappa shape index (κ1) is 8.55. The van der Waals surface area contributed by atoms with Crippen LogP contribution in [-0.2, 0) is 4.79 Å². The van der Waals surface area contributed by atoms with Crippen LogP contribution >= 0.6 is 0 Å². The van der Waals surface area contributed by atoms with Crippen LogP contribution in [0.5, 0.6) is 0 Å². The topological polar surface area (TPSA) is 70.1 Å². The van der Waals surface area contributed by atoms with E-state index < -0.39 is 5.97 Å². The maximum absolute atomic E-state index is 10.7. The van der Waals surface area contributed by atoms with E-state index >= 15 is 0 Å². The number of hydrogen-bond donors (Lipinski definition) is 1. The highest BCUT2D eigenvalue weighted by molar-refractivity contribution is 5.88. The molecule has 0 fully saturated rings. The van der Waals surface area contributed by atoms with Crippen LogP contribution in [0.2, 0.25) is 0 Å². The van der Waals surface area contributed by atoms with Gasteiger partial charge >= 0.3 is 5.97 Å². The predicted molar refractivity (Wildman–Crippen MR) is 51.4 cm³/mol. The van der Waals surface area contributed by atoms with Gasteiger partial charge in [-0.05, 0) is 12.1 Å². The average Bonchev–Trinajstić information content (AvgIpc) is 2.49. The number of aromatic nitrogens is 2. The van der Waals surface area contributed by atoms with E-state index in [1.165, 1.54) is 11.7 Å². The van der Waals surface area contributed by atoms with Gasteiger partial charge < -0.3 is 10.6 Å². The van der Waals surface area contributed by atoms with Gasteiger partial charge in [-0.2, -0.15) is 4.73 Å². The third-order valence-corrected chi connectivity index (χ3v) is 1.82. The molecule has 0 aliphatic heterocycles. The zero-order valence-corrected chi connectivity index (χ0v) is 7.60. The monoisotopic (exact) mass is 191 g/mol. The molecular formula is C9H9N3O2. The highest BCUT2D eigenvalue weighted by atomic mass is 16.7. The molecule has 0 unspecified atom stereocenters. The molecule has 0 saturated heterocycles. The Balaban J connectivity index is 2.58. The summed E-state index contributed by atoms with van der Waals surface area (Å²) in [5.41, 5.74) is 6.86. The van der Waals surface area contributed by atoms with E-state index in [1.807, 2.05) is 0 Å². The smallest absolute Gasteiger partial charge is 0.329 e. The second-order valence-electron chi connectivity index (χ2n) is 2.86. The molecule has 0 aliphatic carbocycles. The molecule has 0 aliphatic rings. The lowest BCUT2D eigenvalue weighted by molar-refractivity contribution is -0.140. The van der Waals surface area contributed by atoms with E-state index in [4.69, 9.17) is 10.6 Å². The molecule has 2 aromatic rings. The minimum Gasteiger partial charge on any atom is -0.398 e. The second kappa shape index (κ2) is 3.02. The lowest BCUT2D eigenvalue weighted by Gasteiger charge is -2.02. The first-order valence-electron chi connectivity index (χ1n) is 4.09. The minimum atomic E-state index is -0.397. The highest BCUT2D eigenvalue weighted by Crippen LogP contribution is 2.18. The molecule has 0 radical (unpaired) electrons. The van der Waals surface area contributed by atoms with Gasteiger partial charge in [0.25, 0.3) is 0 Å². The Bertz CT molecular complexity index is 490. The summed E-state index contributed by atoms with van der Waals surface area (Å²) in [6.45, 7) is 1.33. The summed E-state index contributed by atoms with van der Waals surface area (Å²) in [6.07, 6.45) is 3.17. The van der Waals surface area contributed by atoms with Crippen LogP contribution in [0.4, 0.5) is 5.69 Å². The fourth-order valence-corrected chi connectivity index (χ4v) is 1.25. The van der Waals surface area contributed by atoms with Crippen molar-refractivity contribution in [3.63, 3.8) is 0 Å². The van der Waals surface area contributed by atoms with Crippen molar-refractivity contribution in [3.05, 3.63) is 24.5 Å². The number of hydrogen-bond acceptors (Lipinski definition) is 4. The van der Waals surface area contributed by atoms with Crippen LogP contribution in [0.15, 0.2) is 24.5 Å². The number of nitrogens with two attached hydrogens (primary N) is 1. The summed E-state index contributed by atoms with van der Waals surface area (Å²) in [4.78, 5) is 19.7. The average molecular weight is 191 g/mol. The van der Waals surface area contributed by atoms with Crippen molar-refractivity contribution < 1.29 is 9.63 Å². The summed E-state index contributed by atoms with van der Waals surface area (Å²) in [6, 6.07) is 3.45. The first-order valence-corrected chi connectivity index (χ1v) is 4.09. The van der Waals surface area contributed by atoms with Crippen LogP contribution in [0.25, 0.3) is 11.0 Å². The van der Waals surface area contributed by atoms with Gasteiger partial charge in [0.15, 0.2) is 5.65 Å². The molecule has 0 atom stereocenters. The van der Waals surface area contributed by atoms with E-state index in [1.54, 1.807) is 24.5 Å². The van der Waals surface area contributed by atoms with Crippen LogP contribution < -0.4 is 10.6 Å². The Morgan fingerprint density at radius 2 is 2.36 bits per heavy atom. The molecule has 2 heterocycles. The molecule has 14 heavy (non-hydrogen) atoms. The third kappa shape index (κ3) is 1.28. The van der Waals surface area contributed by atoms with Crippen LogP contribution in [0.1, 0.15) is 6.92 Å². The normalized spacial score (nSPS) is 10.4. The summed E-state index contributed by atoms with van der Waals surface area (Å²) in [7, 11) is 0. The summed E-state index contributed by atoms with van der Waals surface area (Å²) in [5, 5.41) is 0.772. The van der Waals surface area contributed by atoms with Crippen LogP contribution in [0, 0.1) is 0 Å². The molecule has 0 bridgehead atoms. The van der Waals surface area contributed by atoms with E-state index in [0.717, 1.165) is 5.39 Å². The maximum atomic E-state index is 10.7. The Hall–Kier alpha value is -2.04. The van der Waals surface area contributed by atoms with E-state index in [-0.39, 0.29) is 0 Å². The standard InChI is InChI=1S/C9H9N3O2/c1-6(13)14-12-5-3-7-8(10)2-4-11-9(7)12/h2-5H,1H3,(H2,10,11). The molecule has 5 nitrogen and oxygen atoms in total. The van der Waals surface area contributed by atoms with Gasteiger partial charge in [-0.15, -0.1) is 0 Å². The van der Waals surface area contributed by atoms with Crippen molar-refractivity contribution in [2.24, 2.45) is 0 Å². The van der Waals surface area contributed by atoms with Gasteiger partial charge in [-0.3, -0.25) is 0 Å². The molecule has 5 heteroatoms. The number of anilines is 1. The summed E-state index contributed by atoms with van der Waals surface area (Å²) >= 11 is 0. The predicted octanol–water partition coefficient (Wildman–Crippen LogP) is 0.594. The molecule has 0 saturated carbocycles. The number of fused-ring (bicyclic) bond motifs is 1. The largest absolute Gasteiger partial charge is 0.398 e. The Morgan fingerprint density at radius 3 is 3.07 bits per heavy atom. The third-order valence-electron chi connectivity index (χ3n) is 1.82. The summed E-state index contributed by atoms with van der Waals surface area (Å²) in [5.74, 6) is -0.397. The van der Waals surface area contributed by atoms with Gasteiger partial charge in [-0.1, -0.05) is 0 Å². The number of nitrogens with zero attached hydrogens (tertiary/aromatic N) is 2. The molecule has 2 rings (SSSR count). The van der Waals surface area contributed by atoms with Crippen LogP contribution in [-0.4, -0.2) is 15.7 Å². The van der Waals surface area contributed by atoms with Crippen molar-refractivity contribution >= 4 is 22.7 Å². The van der Waals surface area contributed by atoms with Gasteiger partial charge in [0.2, 0.25) is 0 Å². The number of pyridine rings is 1. The highest BCUT2D eigenvalue weighted by Gasteiger charge is 2.06. The Kier molecular flexibility index (Phi) is 1.85.